The van der Waals surface area contributed by atoms with Crippen molar-refractivity contribution in [1.29, 1.82) is 0 Å². The van der Waals surface area contributed by atoms with Gasteiger partial charge in [0.15, 0.2) is 0 Å². The summed E-state index contributed by atoms with van der Waals surface area (Å²) in [6, 6.07) is 6.11. The predicted octanol–water partition coefficient (Wildman–Crippen LogP) is 4.77. The third kappa shape index (κ3) is 5.80. The van der Waals surface area contributed by atoms with Crippen LogP contribution in [0.1, 0.15) is 75.0 Å². The molecule has 2 heterocycles. The van der Waals surface area contributed by atoms with Crippen LogP contribution in [0.3, 0.4) is 0 Å². The molecule has 0 bridgehead atoms. The van der Waals surface area contributed by atoms with Crippen molar-refractivity contribution in [1.82, 2.24) is 14.7 Å². The largest absolute Gasteiger partial charge is 0.364 e. The molecule has 1 aromatic rings. The SMILES string of the molecule is CCCCCCCCCCN1C(=O)C(c2ccc(C)c(C)c2)=C(N2CCN(C)CC2)C1=O. The number of piperazine rings is 1. The lowest BCUT2D eigenvalue weighted by Crippen LogP contribution is -2.46. The Morgan fingerprint density at radius 2 is 1.41 bits per heavy atom. The normalized spacial score (nSPS) is 17.8. The molecule has 1 saturated heterocycles. The van der Waals surface area contributed by atoms with Gasteiger partial charge >= 0.3 is 0 Å². The van der Waals surface area contributed by atoms with Crippen LogP contribution in [0, 0.1) is 13.8 Å². The molecule has 5 heteroatoms. The van der Waals surface area contributed by atoms with Crippen molar-refractivity contribution in [2.75, 3.05) is 39.8 Å². The average molecular weight is 440 g/mol. The van der Waals surface area contributed by atoms with E-state index in [1.165, 1.54) is 49.0 Å². The molecule has 0 unspecified atom stereocenters. The van der Waals surface area contributed by atoms with Crippen LogP contribution in [0.15, 0.2) is 23.9 Å². The minimum absolute atomic E-state index is 0.101. The number of hydrogen-bond acceptors (Lipinski definition) is 4. The maximum absolute atomic E-state index is 13.5. The van der Waals surface area contributed by atoms with Crippen LogP contribution < -0.4 is 0 Å². The molecular formula is C27H41N3O2. The van der Waals surface area contributed by atoms with Crippen LogP contribution in [0.2, 0.25) is 0 Å². The van der Waals surface area contributed by atoms with Gasteiger partial charge in [-0.05, 0) is 44.0 Å². The number of benzene rings is 1. The molecule has 2 amide bonds. The highest BCUT2D eigenvalue weighted by Crippen LogP contribution is 2.33. The maximum Gasteiger partial charge on any atom is 0.277 e. The molecule has 2 aliphatic heterocycles. The van der Waals surface area contributed by atoms with Gasteiger partial charge < -0.3 is 9.80 Å². The highest BCUT2D eigenvalue weighted by Gasteiger charge is 2.41. The standard InChI is InChI=1S/C27H41N3O2/c1-5-6-7-8-9-10-11-12-15-30-26(31)24(23-14-13-21(2)22(3)20-23)25(27(30)32)29-18-16-28(4)17-19-29/h13-14,20H,5-12,15-19H2,1-4H3. The summed E-state index contributed by atoms with van der Waals surface area (Å²) in [6.07, 6.45) is 9.60. The van der Waals surface area contributed by atoms with E-state index in [1.807, 2.05) is 6.07 Å². The van der Waals surface area contributed by atoms with Crippen molar-refractivity contribution >= 4 is 17.4 Å². The van der Waals surface area contributed by atoms with Gasteiger partial charge in [0.25, 0.3) is 11.8 Å². The number of aryl methyl sites for hydroxylation is 2. The third-order valence-electron chi connectivity index (χ3n) is 6.99. The first-order valence-electron chi connectivity index (χ1n) is 12.6. The third-order valence-corrected chi connectivity index (χ3v) is 6.99. The molecule has 0 atom stereocenters. The van der Waals surface area contributed by atoms with Gasteiger partial charge in [0.2, 0.25) is 0 Å². The zero-order valence-corrected chi connectivity index (χ0v) is 20.6. The van der Waals surface area contributed by atoms with Crippen LogP contribution in [0.5, 0.6) is 0 Å². The van der Waals surface area contributed by atoms with Gasteiger partial charge in [-0.2, -0.15) is 0 Å². The first kappa shape index (κ1) is 24.5. The summed E-state index contributed by atoms with van der Waals surface area (Å²) < 4.78 is 0. The van der Waals surface area contributed by atoms with E-state index in [9.17, 15) is 9.59 Å². The molecule has 32 heavy (non-hydrogen) atoms. The number of hydrogen-bond donors (Lipinski definition) is 0. The Balaban J connectivity index is 1.71. The Kier molecular flexibility index (Phi) is 8.92. The minimum Gasteiger partial charge on any atom is -0.364 e. The van der Waals surface area contributed by atoms with Crippen molar-refractivity contribution < 1.29 is 9.59 Å². The fraction of sp³-hybridized carbons (Fsp3) is 0.630. The van der Waals surface area contributed by atoms with Gasteiger partial charge in [-0.15, -0.1) is 0 Å². The first-order chi connectivity index (χ1) is 15.4. The Hall–Kier alpha value is -2.14. The number of imide groups is 1. The number of amides is 2. The lowest BCUT2D eigenvalue weighted by atomic mass is 9.99. The van der Waals surface area contributed by atoms with Crippen molar-refractivity contribution in [2.24, 2.45) is 0 Å². The zero-order valence-electron chi connectivity index (χ0n) is 20.6. The summed E-state index contributed by atoms with van der Waals surface area (Å²) in [5.74, 6) is -0.217. The fourth-order valence-electron chi connectivity index (χ4n) is 4.65. The van der Waals surface area contributed by atoms with Gasteiger partial charge in [0.1, 0.15) is 5.70 Å². The van der Waals surface area contributed by atoms with Gasteiger partial charge in [0.05, 0.1) is 5.57 Å². The second kappa shape index (κ2) is 11.6. The molecule has 0 radical (unpaired) electrons. The van der Waals surface area contributed by atoms with Crippen molar-refractivity contribution in [3.8, 4) is 0 Å². The van der Waals surface area contributed by atoms with Gasteiger partial charge in [-0.25, -0.2) is 0 Å². The van der Waals surface area contributed by atoms with E-state index >= 15 is 0 Å². The topological polar surface area (TPSA) is 43.9 Å². The molecule has 176 valence electrons. The number of carbonyl (C=O) groups is 2. The smallest absolute Gasteiger partial charge is 0.277 e. The Labute approximate surface area is 194 Å². The number of rotatable bonds is 11. The lowest BCUT2D eigenvalue weighted by molar-refractivity contribution is -0.137. The Bertz CT molecular complexity index is 837. The van der Waals surface area contributed by atoms with Crippen LogP contribution in [0.4, 0.5) is 0 Å². The Morgan fingerprint density at radius 1 is 0.781 bits per heavy atom. The monoisotopic (exact) mass is 439 g/mol. The molecular weight excluding hydrogens is 398 g/mol. The predicted molar refractivity (Wildman–Crippen MR) is 131 cm³/mol. The molecule has 3 rings (SSSR count). The van der Waals surface area contributed by atoms with E-state index < -0.39 is 0 Å². The van der Waals surface area contributed by atoms with Gasteiger partial charge in [-0.3, -0.25) is 14.5 Å². The summed E-state index contributed by atoms with van der Waals surface area (Å²) in [7, 11) is 2.10. The molecule has 0 N–H and O–H groups in total. The lowest BCUT2D eigenvalue weighted by Gasteiger charge is -2.34. The van der Waals surface area contributed by atoms with Crippen LogP contribution in [0.25, 0.3) is 5.57 Å². The van der Waals surface area contributed by atoms with E-state index in [1.54, 1.807) is 0 Å². The molecule has 0 saturated carbocycles. The van der Waals surface area contributed by atoms with E-state index in [0.717, 1.165) is 50.1 Å². The summed E-state index contributed by atoms with van der Waals surface area (Å²) >= 11 is 0. The highest BCUT2D eigenvalue weighted by molar-refractivity contribution is 6.35. The number of nitrogens with zero attached hydrogens (tertiary/aromatic N) is 3. The Morgan fingerprint density at radius 3 is 2.03 bits per heavy atom. The van der Waals surface area contributed by atoms with E-state index in [-0.39, 0.29) is 11.8 Å². The summed E-state index contributed by atoms with van der Waals surface area (Å²) in [6.45, 7) is 10.3. The van der Waals surface area contributed by atoms with Crippen molar-refractivity contribution in [2.45, 2.75) is 72.1 Å². The quantitative estimate of drug-likeness (QED) is 0.368. The number of carbonyl (C=O) groups excluding carboxylic acids is 2. The minimum atomic E-state index is -0.116. The molecule has 2 aliphatic rings. The fourth-order valence-corrected chi connectivity index (χ4v) is 4.65. The maximum atomic E-state index is 13.5. The van der Waals surface area contributed by atoms with Crippen LogP contribution >= 0.6 is 0 Å². The first-order valence-corrected chi connectivity index (χ1v) is 12.6. The summed E-state index contributed by atoms with van der Waals surface area (Å²) in [5, 5.41) is 0. The van der Waals surface area contributed by atoms with E-state index in [2.05, 4.69) is 49.8 Å². The summed E-state index contributed by atoms with van der Waals surface area (Å²) in [5.41, 5.74) is 4.43. The molecule has 1 fully saturated rings. The average Bonchev–Trinajstić information content (AvgIpc) is 3.02. The van der Waals surface area contributed by atoms with Crippen molar-refractivity contribution in [3.63, 3.8) is 0 Å². The molecule has 5 nitrogen and oxygen atoms in total. The zero-order chi connectivity index (χ0) is 23.1. The molecule has 0 spiro atoms. The van der Waals surface area contributed by atoms with Crippen molar-refractivity contribution in [3.05, 3.63) is 40.6 Å². The van der Waals surface area contributed by atoms with Crippen LogP contribution in [-0.4, -0.2) is 66.3 Å². The van der Waals surface area contributed by atoms with E-state index in [0.29, 0.717) is 17.8 Å². The van der Waals surface area contributed by atoms with Gasteiger partial charge in [-0.1, -0.05) is 70.1 Å². The highest BCUT2D eigenvalue weighted by atomic mass is 16.2. The number of unbranched alkanes of at least 4 members (excludes halogenated alkanes) is 7. The molecule has 0 aromatic heterocycles. The second-order valence-corrected chi connectivity index (χ2v) is 9.55. The number of likely N-dealkylation sites (N-methyl/N-ethyl adjacent to an activating group) is 1. The molecule has 1 aromatic carbocycles. The molecule has 0 aliphatic carbocycles. The second-order valence-electron chi connectivity index (χ2n) is 9.55. The van der Waals surface area contributed by atoms with Gasteiger partial charge in [0, 0.05) is 32.7 Å². The van der Waals surface area contributed by atoms with E-state index in [4.69, 9.17) is 0 Å². The summed E-state index contributed by atoms with van der Waals surface area (Å²) in [4.78, 5) is 32.9. The van der Waals surface area contributed by atoms with Crippen LogP contribution in [-0.2, 0) is 9.59 Å².